The molecule has 32 heavy (non-hydrogen) atoms. The molecule has 0 saturated carbocycles. The fourth-order valence-electron chi connectivity index (χ4n) is 3.30. The van der Waals surface area contributed by atoms with Crippen molar-refractivity contribution >= 4 is 23.4 Å². The van der Waals surface area contributed by atoms with Gasteiger partial charge in [0.15, 0.2) is 0 Å². The van der Waals surface area contributed by atoms with Gasteiger partial charge in [0.25, 0.3) is 0 Å². The molecule has 7 nitrogen and oxygen atoms in total. The van der Waals surface area contributed by atoms with E-state index in [0.717, 1.165) is 29.8 Å². The van der Waals surface area contributed by atoms with Crippen molar-refractivity contribution in [2.45, 2.75) is 79.2 Å². The van der Waals surface area contributed by atoms with Crippen LogP contribution in [-0.4, -0.2) is 39.7 Å². The maximum atomic E-state index is 12.9. The number of aryl methyl sites for hydroxylation is 1. The molecule has 0 radical (unpaired) electrons. The Morgan fingerprint density at radius 3 is 2.28 bits per heavy atom. The molecule has 2 rings (SSSR count). The molecule has 176 valence electrons. The lowest BCUT2D eigenvalue weighted by molar-refractivity contribution is -0.116. The topological polar surface area (TPSA) is 79.3 Å². The van der Waals surface area contributed by atoms with Gasteiger partial charge in [-0.25, -0.2) is 9.48 Å². The van der Waals surface area contributed by atoms with E-state index in [0.29, 0.717) is 12.4 Å². The van der Waals surface area contributed by atoms with E-state index in [-0.39, 0.29) is 29.4 Å². The second-order valence-corrected chi connectivity index (χ2v) is 10.2. The molecule has 0 spiro atoms. The Labute approximate surface area is 192 Å². The maximum Gasteiger partial charge on any atom is 0.322 e. The van der Waals surface area contributed by atoms with Gasteiger partial charge in [0.2, 0.25) is 5.91 Å². The highest BCUT2D eigenvalue weighted by atomic mass is 16.2. The predicted octanol–water partition coefficient (Wildman–Crippen LogP) is 5.38. The van der Waals surface area contributed by atoms with Crippen LogP contribution in [0, 0.1) is 0 Å². The third kappa shape index (κ3) is 6.84. The Morgan fingerprint density at radius 1 is 1.03 bits per heavy atom. The summed E-state index contributed by atoms with van der Waals surface area (Å²) >= 11 is 0. The molecule has 7 heteroatoms. The number of anilines is 2. The summed E-state index contributed by atoms with van der Waals surface area (Å²) in [6, 6.07) is 9.40. The van der Waals surface area contributed by atoms with Gasteiger partial charge in [0, 0.05) is 23.7 Å². The Morgan fingerprint density at radius 2 is 1.72 bits per heavy atom. The van der Waals surface area contributed by atoms with Gasteiger partial charge in [-0.1, -0.05) is 46.8 Å². The molecule has 0 aliphatic rings. The molecule has 0 aliphatic heterocycles. The van der Waals surface area contributed by atoms with E-state index in [1.807, 2.05) is 62.7 Å². The Balaban J connectivity index is 2.16. The first-order chi connectivity index (χ1) is 14.8. The minimum Gasteiger partial charge on any atom is -0.315 e. The first-order valence-electron chi connectivity index (χ1n) is 11.4. The molecule has 0 aliphatic carbocycles. The number of nitrogens with zero attached hydrogens (tertiary/aromatic N) is 3. The fourth-order valence-corrected chi connectivity index (χ4v) is 3.30. The lowest BCUT2D eigenvalue weighted by Crippen LogP contribution is -2.41. The van der Waals surface area contributed by atoms with Gasteiger partial charge < -0.3 is 15.5 Å². The van der Waals surface area contributed by atoms with E-state index < -0.39 is 0 Å². The zero-order valence-electron chi connectivity index (χ0n) is 20.9. The van der Waals surface area contributed by atoms with Crippen molar-refractivity contribution in [1.29, 1.82) is 0 Å². The third-order valence-electron chi connectivity index (χ3n) is 5.08. The van der Waals surface area contributed by atoms with Crippen molar-refractivity contribution in [3.63, 3.8) is 0 Å². The summed E-state index contributed by atoms with van der Waals surface area (Å²) in [5.74, 6) is 0.390. The Hall–Kier alpha value is -2.83. The summed E-state index contributed by atoms with van der Waals surface area (Å²) in [5.41, 5.74) is 2.35. The molecule has 0 saturated heterocycles. The molecule has 0 bridgehead atoms. The van der Waals surface area contributed by atoms with Crippen molar-refractivity contribution < 1.29 is 9.59 Å². The van der Waals surface area contributed by atoms with Crippen LogP contribution in [0.1, 0.15) is 73.1 Å². The number of carbonyl (C=O) groups is 2. The molecular weight excluding hydrogens is 402 g/mol. The largest absolute Gasteiger partial charge is 0.322 e. The van der Waals surface area contributed by atoms with Crippen LogP contribution in [0.3, 0.4) is 0 Å². The van der Waals surface area contributed by atoms with Crippen molar-refractivity contribution in [3.8, 4) is 0 Å². The second-order valence-electron chi connectivity index (χ2n) is 10.2. The number of carbonyl (C=O) groups excluding carboxylic acids is 2. The molecule has 3 amide bonds. The van der Waals surface area contributed by atoms with E-state index >= 15 is 0 Å². The average Bonchev–Trinajstić information content (AvgIpc) is 3.12. The summed E-state index contributed by atoms with van der Waals surface area (Å²) in [5, 5.41) is 10.6. The van der Waals surface area contributed by atoms with Gasteiger partial charge in [-0.05, 0) is 51.3 Å². The van der Waals surface area contributed by atoms with Crippen molar-refractivity contribution in [2.24, 2.45) is 0 Å². The number of nitrogens with one attached hydrogen (secondary N) is 2. The van der Waals surface area contributed by atoms with E-state index in [1.54, 1.807) is 0 Å². The van der Waals surface area contributed by atoms with Gasteiger partial charge in [0.05, 0.1) is 11.2 Å². The number of aromatic nitrogens is 2. The van der Waals surface area contributed by atoms with Gasteiger partial charge in [-0.3, -0.25) is 4.79 Å². The van der Waals surface area contributed by atoms with Crippen LogP contribution in [0.15, 0.2) is 30.3 Å². The summed E-state index contributed by atoms with van der Waals surface area (Å²) in [6.07, 6.45) is 1.65. The normalized spacial score (nSPS) is 11.9. The Kier molecular flexibility index (Phi) is 8.10. The molecule has 0 atom stereocenters. The molecule has 1 aromatic heterocycles. The fraction of sp³-hybridized carbons (Fsp3) is 0.560. The molecule has 1 heterocycles. The number of hydrogen-bond acceptors (Lipinski definition) is 3. The number of benzene rings is 1. The van der Waals surface area contributed by atoms with E-state index in [9.17, 15) is 9.59 Å². The summed E-state index contributed by atoms with van der Waals surface area (Å²) in [4.78, 5) is 27.3. The lowest BCUT2D eigenvalue weighted by Gasteiger charge is -2.24. The number of hydrogen-bond donors (Lipinski definition) is 2. The third-order valence-corrected chi connectivity index (χ3v) is 5.08. The smallest absolute Gasteiger partial charge is 0.315 e. The van der Waals surface area contributed by atoms with Gasteiger partial charge in [-0.15, -0.1) is 0 Å². The van der Waals surface area contributed by atoms with Crippen molar-refractivity contribution in [3.05, 3.63) is 41.6 Å². The van der Waals surface area contributed by atoms with Crippen molar-refractivity contribution in [1.82, 2.24) is 14.7 Å². The van der Waals surface area contributed by atoms with E-state index in [4.69, 9.17) is 5.10 Å². The quantitative estimate of drug-likeness (QED) is 0.605. The predicted molar refractivity (Wildman–Crippen MR) is 131 cm³/mol. The highest BCUT2D eigenvalue weighted by Crippen LogP contribution is 2.28. The maximum absolute atomic E-state index is 12.9. The number of urea groups is 1. The lowest BCUT2D eigenvalue weighted by atomic mass is 9.92. The molecule has 0 fully saturated rings. The SMILES string of the molecule is CCCN(CC(=O)Nc1cc(C(C)(C)C)nn1C(C)(C)C)C(=O)Nc1cccc(CC)c1. The number of rotatable bonds is 7. The van der Waals surface area contributed by atoms with Crippen molar-refractivity contribution in [2.75, 3.05) is 23.7 Å². The zero-order valence-corrected chi connectivity index (χ0v) is 20.9. The van der Waals surface area contributed by atoms with Gasteiger partial charge >= 0.3 is 6.03 Å². The first kappa shape index (κ1) is 25.4. The standard InChI is InChI=1S/C25H39N5O2/c1-9-14-29(23(32)26-19-13-11-12-18(10-2)15-19)17-22(31)27-21-16-20(24(3,4)5)28-30(21)25(6,7)8/h11-13,15-16H,9-10,14,17H2,1-8H3,(H,26,32)(H,27,31). The van der Waals surface area contributed by atoms with Crippen LogP contribution >= 0.6 is 0 Å². The van der Waals surface area contributed by atoms with E-state index in [1.165, 1.54) is 4.90 Å². The zero-order chi connectivity index (χ0) is 24.1. The minimum atomic E-state index is -0.295. The average molecular weight is 442 g/mol. The summed E-state index contributed by atoms with van der Waals surface area (Å²) in [6.45, 7) is 16.9. The van der Waals surface area contributed by atoms with Crippen LogP contribution in [0.5, 0.6) is 0 Å². The van der Waals surface area contributed by atoms with E-state index in [2.05, 4.69) is 38.3 Å². The number of amides is 3. The van der Waals surface area contributed by atoms with Crippen LogP contribution in [0.2, 0.25) is 0 Å². The first-order valence-corrected chi connectivity index (χ1v) is 11.4. The highest BCUT2D eigenvalue weighted by molar-refractivity contribution is 5.96. The highest BCUT2D eigenvalue weighted by Gasteiger charge is 2.26. The monoisotopic (exact) mass is 441 g/mol. The molecule has 0 unspecified atom stereocenters. The van der Waals surface area contributed by atoms with Crippen LogP contribution in [0.4, 0.5) is 16.3 Å². The van der Waals surface area contributed by atoms with Crippen LogP contribution in [0.25, 0.3) is 0 Å². The molecule has 2 N–H and O–H groups in total. The summed E-state index contributed by atoms with van der Waals surface area (Å²) < 4.78 is 1.84. The van der Waals surface area contributed by atoms with Crippen LogP contribution in [-0.2, 0) is 22.2 Å². The molecule has 2 aromatic rings. The van der Waals surface area contributed by atoms with Crippen LogP contribution < -0.4 is 10.6 Å². The minimum absolute atomic E-state index is 0.0344. The Bertz CT molecular complexity index is 935. The molecule has 1 aromatic carbocycles. The second kappa shape index (κ2) is 10.2. The molecular formula is C25H39N5O2. The van der Waals surface area contributed by atoms with Gasteiger partial charge in [0.1, 0.15) is 12.4 Å². The van der Waals surface area contributed by atoms with Gasteiger partial charge in [-0.2, -0.15) is 5.10 Å². The summed E-state index contributed by atoms with van der Waals surface area (Å²) in [7, 11) is 0.